The van der Waals surface area contributed by atoms with Gasteiger partial charge in [0.25, 0.3) is 0 Å². The lowest BCUT2D eigenvalue weighted by Gasteiger charge is -2.13. The van der Waals surface area contributed by atoms with Crippen LogP contribution in [0.15, 0.2) is 12.3 Å². The van der Waals surface area contributed by atoms with Crippen LogP contribution in [0.3, 0.4) is 0 Å². The number of hydrogen-bond donors (Lipinski definition) is 2. The molecule has 1 aromatic heterocycles. The molecule has 0 aliphatic rings. The summed E-state index contributed by atoms with van der Waals surface area (Å²) in [6.07, 6.45) is 6.17. The average Bonchev–Trinajstić information content (AvgIpc) is 2.83. The highest BCUT2D eigenvalue weighted by Crippen LogP contribution is 2.27. The Morgan fingerprint density at radius 1 is 1.55 bits per heavy atom. The maximum Gasteiger partial charge on any atom is 0.244 e. The lowest BCUT2D eigenvalue weighted by Crippen LogP contribution is -2.30. The van der Waals surface area contributed by atoms with Crippen LogP contribution < -0.4 is 5.32 Å². The lowest BCUT2D eigenvalue weighted by molar-refractivity contribution is -0.116. The molecule has 0 aromatic carbocycles. The van der Waals surface area contributed by atoms with E-state index >= 15 is 0 Å². The fraction of sp³-hybridized carbons (Fsp3) is 0.600. The first kappa shape index (κ1) is 16.9. The molecule has 1 amide bonds. The van der Waals surface area contributed by atoms with Crippen LogP contribution in [-0.2, 0) is 10.2 Å². The van der Waals surface area contributed by atoms with Crippen LogP contribution >= 0.6 is 11.3 Å². The number of aromatic nitrogens is 1. The zero-order chi connectivity index (χ0) is 15.2. The Labute approximate surface area is 124 Å². The molecule has 0 bridgehead atoms. The predicted octanol–water partition coefficient (Wildman–Crippen LogP) is 2.73. The van der Waals surface area contributed by atoms with Gasteiger partial charge in [-0.3, -0.25) is 4.79 Å². The number of thiazole rings is 1. The Hall–Kier alpha value is -1.20. The zero-order valence-electron chi connectivity index (χ0n) is 12.6. The van der Waals surface area contributed by atoms with Crippen molar-refractivity contribution in [1.29, 1.82) is 0 Å². The normalized spacial score (nSPS) is 13.7. The van der Waals surface area contributed by atoms with Crippen LogP contribution in [0, 0.1) is 0 Å². The molecule has 1 atom stereocenters. The summed E-state index contributed by atoms with van der Waals surface area (Å²) in [5, 5.41) is 13.3. The molecule has 1 heterocycles. The average molecular weight is 296 g/mol. The molecule has 20 heavy (non-hydrogen) atoms. The molecular weight excluding hydrogens is 272 g/mol. The molecule has 0 radical (unpaired) electrons. The largest absolute Gasteiger partial charge is 0.391 e. The van der Waals surface area contributed by atoms with Gasteiger partial charge in [-0.2, -0.15) is 0 Å². The third kappa shape index (κ3) is 5.84. The highest BCUT2D eigenvalue weighted by molar-refractivity contribution is 7.12. The number of hydrogen-bond acceptors (Lipinski definition) is 4. The van der Waals surface area contributed by atoms with Crippen LogP contribution in [0.4, 0.5) is 0 Å². The second-order valence-corrected chi connectivity index (χ2v) is 6.90. The van der Waals surface area contributed by atoms with Crippen molar-refractivity contribution in [2.45, 2.75) is 52.1 Å². The van der Waals surface area contributed by atoms with Gasteiger partial charge in [-0.25, -0.2) is 4.98 Å². The maximum absolute atomic E-state index is 11.6. The quantitative estimate of drug-likeness (QED) is 0.793. The summed E-state index contributed by atoms with van der Waals surface area (Å²) in [5.74, 6) is -0.189. The van der Waals surface area contributed by atoms with Gasteiger partial charge in [0.1, 0.15) is 0 Å². The Morgan fingerprint density at radius 2 is 2.25 bits per heavy atom. The van der Waals surface area contributed by atoms with E-state index in [1.54, 1.807) is 23.6 Å². The number of amides is 1. The molecular formula is C15H24N2O2S. The third-order valence-corrected chi connectivity index (χ3v) is 4.09. The highest BCUT2D eigenvalue weighted by Gasteiger charge is 2.17. The molecule has 112 valence electrons. The van der Waals surface area contributed by atoms with Gasteiger partial charge in [0.2, 0.25) is 5.91 Å². The fourth-order valence-electron chi connectivity index (χ4n) is 1.58. The molecule has 0 saturated heterocycles. The van der Waals surface area contributed by atoms with Crippen molar-refractivity contribution >= 4 is 23.3 Å². The summed E-state index contributed by atoms with van der Waals surface area (Å²) in [6.45, 7) is 8.64. The van der Waals surface area contributed by atoms with Crippen LogP contribution in [0.1, 0.15) is 50.4 Å². The zero-order valence-corrected chi connectivity index (χ0v) is 13.5. The van der Waals surface area contributed by atoms with E-state index in [1.807, 2.05) is 6.92 Å². The second-order valence-electron chi connectivity index (χ2n) is 5.84. The summed E-state index contributed by atoms with van der Waals surface area (Å²) in [4.78, 5) is 16.9. The third-order valence-electron chi connectivity index (χ3n) is 2.70. The highest BCUT2D eigenvalue weighted by atomic mass is 32.1. The molecule has 2 N–H and O–H groups in total. The minimum Gasteiger partial charge on any atom is -0.391 e. The summed E-state index contributed by atoms with van der Waals surface area (Å²) >= 11 is 1.59. The summed E-state index contributed by atoms with van der Waals surface area (Å²) < 4.78 is 0. The van der Waals surface area contributed by atoms with E-state index < -0.39 is 6.10 Å². The van der Waals surface area contributed by atoms with Crippen LogP contribution in [0.25, 0.3) is 6.08 Å². The van der Waals surface area contributed by atoms with E-state index in [4.69, 9.17) is 0 Å². The van der Waals surface area contributed by atoms with Crippen molar-refractivity contribution in [2.75, 3.05) is 6.54 Å². The van der Waals surface area contributed by atoms with Crippen molar-refractivity contribution in [3.8, 4) is 0 Å². The number of nitrogens with zero attached hydrogens (tertiary/aromatic N) is 1. The van der Waals surface area contributed by atoms with Gasteiger partial charge < -0.3 is 10.4 Å². The second kappa shape index (κ2) is 7.55. The van der Waals surface area contributed by atoms with E-state index in [1.165, 1.54) is 6.08 Å². The molecule has 0 aliphatic carbocycles. The number of aliphatic hydroxyl groups excluding tert-OH is 1. The van der Waals surface area contributed by atoms with E-state index in [9.17, 15) is 9.90 Å². The smallest absolute Gasteiger partial charge is 0.244 e. The van der Waals surface area contributed by atoms with Gasteiger partial charge in [0, 0.05) is 29.1 Å². The van der Waals surface area contributed by atoms with Crippen molar-refractivity contribution in [3.63, 3.8) is 0 Å². The minimum absolute atomic E-state index is 0.0310. The van der Waals surface area contributed by atoms with Gasteiger partial charge >= 0.3 is 0 Å². The molecule has 0 saturated carbocycles. The van der Waals surface area contributed by atoms with Crippen molar-refractivity contribution in [2.24, 2.45) is 0 Å². The van der Waals surface area contributed by atoms with E-state index in [0.717, 1.165) is 16.3 Å². The Bertz CT molecular complexity index is 461. The molecule has 1 aromatic rings. The SMILES string of the molecule is CCCC(O)CNC(=O)/C=C/c1cnc(C(C)(C)C)s1. The van der Waals surface area contributed by atoms with Crippen molar-refractivity contribution in [1.82, 2.24) is 10.3 Å². The van der Waals surface area contributed by atoms with Gasteiger partial charge in [0.05, 0.1) is 11.1 Å². The molecule has 1 unspecified atom stereocenters. The Morgan fingerprint density at radius 3 is 2.80 bits per heavy atom. The number of carbonyl (C=O) groups excluding carboxylic acids is 1. The van der Waals surface area contributed by atoms with Crippen LogP contribution in [0.2, 0.25) is 0 Å². The molecule has 0 spiro atoms. The van der Waals surface area contributed by atoms with Crippen molar-refractivity contribution in [3.05, 3.63) is 22.2 Å². The van der Waals surface area contributed by atoms with Gasteiger partial charge in [-0.15, -0.1) is 11.3 Å². The first-order valence-corrected chi connectivity index (χ1v) is 7.75. The predicted molar refractivity (Wildman–Crippen MR) is 83.8 cm³/mol. The summed E-state index contributed by atoms with van der Waals surface area (Å²) in [7, 11) is 0. The van der Waals surface area contributed by atoms with Crippen LogP contribution in [0.5, 0.6) is 0 Å². The first-order chi connectivity index (χ1) is 9.32. The van der Waals surface area contributed by atoms with E-state index in [-0.39, 0.29) is 11.3 Å². The van der Waals surface area contributed by atoms with Gasteiger partial charge in [-0.1, -0.05) is 34.1 Å². The number of aliphatic hydroxyl groups is 1. The number of nitrogens with one attached hydrogen (secondary N) is 1. The topological polar surface area (TPSA) is 62.2 Å². The van der Waals surface area contributed by atoms with Crippen LogP contribution in [-0.4, -0.2) is 28.6 Å². The Kier molecular flexibility index (Phi) is 6.36. The Balaban J connectivity index is 2.47. The molecule has 0 fully saturated rings. The molecule has 1 rings (SSSR count). The molecule has 0 aliphatic heterocycles. The first-order valence-electron chi connectivity index (χ1n) is 6.93. The number of rotatable bonds is 6. The van der Waals surface area contributed by atoms with E-state index in [0.29, 0.717) is 13.0 Å². The lowest BCUT2D eigenvalue weighted by atomic mass is 9.98. The summed E-state index contributed by atoms with van der Waals surface area (Å²) in [6, 6.07) is 0. The molecule has 4 nitrogen and oxygen atoms in total. The fourth-order valence-corrected chi connectivity index (χ4v) is 2.46. The number of carbonyl (C=O) groups is 1. The van der Waals surface area contributed by atoms with Crippen molar-refractivity contribution < 1.29 is 9.90 Å². The monoisotopic (exact) mass is 296 g/mol. The minimum atomic E-state index is -0.465. The van der Waals surface area contributed by atoms with Gasteiger partial charge in [0.15, 0.2) is 0 Å². The van der Waals surface area contributed by atoms with E-state index in [2.05, 4.69) is 31.1 Å². The van der Waals surface area contributed by atoms with Gasteiger partial charge in [-0.05, 0) is 12.5 Å². The molecule has 5 heteroatoms. The standard InChI is InChI=1S/C15H24N2O2S/c1-5-6-11(18)9-16-13(19)8-7-12-10-17-14(20-12)15(2,3)4/h7-8,10-11,18H,5-6,9H2,1-4H3,(H,16,19)/b8-7+. The maximum atomic E-state index is 11.6. The summed E-state index contributed by atoms with van der Waals surface area (Å²) in [5.41, 5.74) is 0.0310.